The molecule has 1 atom stereocenters. The SMILES string of the molecule is CCCNC(c1ccc(C)cc1)C(C)(C)C. The van der Waals surface area contributed by atoms with Gasteiger partial charge in [0.2, 0.25) is 0 Å². The molecule has 0 amide bonds. The number of rotatable bonds is 4. The van der Waals surface area contributed by atoms with E-state index in [9.17, 15) is 0 Å². The van der Waals surface area contributed by atoms with Crippen molar-refractivity contribution in [1.29, 1.82) is 0 Å². The average molecular weight is 219 g/mol. The van der Waals surface area contributed by atoms with Crippen LogP contribution in [0, 0.1) is 12.3 Å². The van der Waals surface area contributed by atoms with Gasteiger partial charge in [0.1, 0.15) is 0 Å². The molecular formula is C15H25N. The number of nitrogens with one attached hydrogen (secondary N) is 1. The number of aryl methyl sites for hydroxylation is 1. The lowest BCUT2D eigenvalue weighted by atomic mass is 9.82. The first-order valence-electron chi connectivity index (χ1n) is 6.25. The molecule has 1 heteroatoms. The molecular weight excluding hydrogens is 194 g/mol. The molecule has 0 heterocycles. The Morgan fingerprint density at radius 3 is 2.12 bits per heavy atom. The molecule has 90 valence electrons. The summed E-state index contributed by atoms with van der Waals surface area (Å²) in [4.78, 5) is 0. The van der Waals surface area contributed by atoms with E-state index < -0.39 is 0 Å². The quantitative estimate of drug-likeness (QED) is 0.804. The van der Waals surface area contributed by atoms with Gasteiger partial charge in [0.15, 0.2) is 0 Å². The third kappa shape index (κ3) is 3.64. The van der Waals surface area contributed by atoms with E-state index in [-0.39, 0.29) is 5.41 Å². The summed E-state index contributed by atoms with van der Waals surface area (Å²) in [7, 11) is 0. The standard InChI is InChI=1S/C15H25N/c1-6-11-16-14(15(3,4)5)13-9-7-12(2)8-10-13/h7-10,14,16H,6,11H2,1-5H3. The fourth-order valence-corrected chi connectivity index (χ4v) is 1.97. The van der Waals surface area contributed by atoms with Crippen LogP contribution in [0.4, 0.5) is 0 Å². The lowest BCUT2D eigenvalue weighted by Gasteiger charge is -2.32. The molecule has 16 heavy (non-hydrogen) atoms. The van der Waals surface area contributed by atoms with E-state index in [1.54, 1.807) is 0 Å². The molecule has 1 unspecified atom stereocenters. The predicted molar refractivity (Wildman–Crippen MR) is 71.7 cm³/mol. The van der Waals surface area contributed by atoms with E-state index in [2.05, 4.69) is 64.2 Å². The molecule has 0 fully saturated rings. The van der Waals surface area contributed by atoms with Gasteiger partial charge in [-0.3, -0.25) is 0 Å². The molecule has 1 aromatic rings. The highest BCUT2D eigenvalue weighted by molar-refractivity contribution is 5.25. The van der Waals surface area contributed by atoms with E-state index in [0.717, 1.165) is 6.54 Å². The van der Waals surface area contributed by atoms with Crippen LogP contribution in [0.5, 0.6) is 0 Å². The van der Waals surface area contributed by atoms with Crippen molar-refractivity contribution in [3.05, 3.63) is 35.4 Å². The Hall–Kier alpha value is -0.820. The van der Waals surface area contributed by atoms with Crippen molar-refractivity contribution in [1.82, 2.24) is 5.32 Å². The minimum absolute atomic E-state index is 0.254. The molecule has 1 aromatic carbocycles. The largest absolute Gasteiger partial charge is 0.309 e. The van der Waals surface area contributed by atoms with Crippen molar-refractivity contribution >= 4 is 0 Å². The van der Waals surface area contributed by atoms with Gasteiger partial charge in [0.05, 0.1) is 0 Å². The Morgan fingerprint density at radius 1 is 1.12 bits per heavy atom. The van der Waals surface area contributed by atoms with Crippen LogP contribution in [-0.2, 0) is 0 Å². The fourth-order valence-electron chi connectivity index (χ4n) is 1.97. The van der Waals surface area contributed by atoms with Crippen molar-refractivity contribution in [3.63, 3.8) is 0 Å². The summed E-state index contributed by atoms with van der Waals surface area (Å²) in [5.41, 5.74) is 2.98. The molecule has 1 N–H and O–H groups in total. The van der Waals surface area contributed by atoms with E-state index in [4.69, 9.17) is 0 Å². The van der Waals surface area contributed by atoms with Gasteiger partial charge in [0.25, 0.3) is 0 Å². The second-order valence-corrected chi connectivity index (χ2v) is 5.66. The maximum absolute atomic E-state index is 3.65. The minimum Gasteiger partial charge on any atom is -0.309 e. The Morgan fingerprint density at radius 2 is 1.69 bits per heavy atom. The first-order chi connectivity index (χ1) is 7.45. The van der Waals surface area contributed by atoms with Crippen molar-refractivity contribution in [2.75, 3.05) is 6.54 Å². The highest BCUT2D eigenvalue weighted by Gasteiger charge is 2.25. The Kier molecular flexibility index (Phi) is 4.55. The highest BCUT2D eigenvalue weighted by atomic mass is 14.9. The first-order valence-corrected chi connectivity index (χ1v) is 6.25. The third-order valence-electron chi connectivity index (χ3n) is 2.88. The van der Waals surface area contributed by atoms with Crippen LogP contribution in [0.2, 0.25) is 0 Å². The van der Waals surface area contributed by atoms with Gasteiger partial charge in [-0.15, -0.1) is 0 Å². The maximum atomic E-state index is 3.65. The van der Waals surface area contributed by atoms with Crippen LogP contribution < -0.4 is 5.32 Å². The molecule has 0 bridgehead atoms. The van der Waals surface area contributed by atoms with Gasteiger partial charge < -0.3 is 5.32 Å². The lowest BCUT2D eigenvalue weighted by molar-refractivity contribution is 0.273. The van der Waals surface area contributed by atoms with Gasteiger partial charge in [-0.25, -0.2) is 0 Å². The van der Waals surface area contributed by atoms with Gasteiger partial charge >= 0.3 is 0 Å². The van der Waals surface area contributed by atoms with E-state index in [0.29, 0.717) is 6.04 Å². The molecule has 0 aliphatic carbocycles. The van der Waals surface area contributed by atoms with Crippen molar-refractivity contribution in [3.8, 4) is 0 Å². The second kappa shape index (κ2) is 5.49. The van der Waals surface area contributed by atoms with Crippen LogP contribution in [-0.4, -0.2) is 6.54 Å². The number of benzene rings is 1. The van der Waals surface area contributed by atoms with Crippen LogP contribution in [0.15, 0.2) is 24.3 Å². The summed E-state index contributed by atoms with van der Waals surface area (Å²) in [6.07, 6.45) is 1.18. The molecule has 0 aliphatic heterocycles. The average Bonchev–Trinajstić information content (AvgIpc) is 2.19. The molecule has 0 saturated heterocycles. The highest BCUT2D eigenvalue weighted by Crippen LogP contribution is 2.32. The Balaban J connectivity index is 2.88. The molecule has 0 aliphatic rings. The Labute approximate surface area is 100 Å². The summed E-state index contributed by atoms with van der Waals surface area (Å²) in [5, 5.41) is 3.65. The van der Waals surface area contributed by atoms with Crippen LogP contribution in [0.3, 0.4) is 0 Å². The molecule has 0 saturated carbocycles. The van der Waals surface area contributed by atoms with Gasteiger partial charge in [-0.2, -0.15) is 0 Å². The van der Waals surface area contributed by atoms with Crippen LogP contribution >= 0.6 is 0 Å². The monoisotopic (exact) mass is 219 g/mol. The maximum Gasteiger partial charge on any atom is 0.0369 e. The second-order valence-electron chi connectivity index (χ2n) is 5.66. The van der Waals surface area contributed by atoms with Gasteiger partial charge in [-0.05, 0) is 30.9 Å². The van der Waals surface area contributed by atoms with E-state index in [1.165, 1.54) is 17.5 Å². The van der Waals surface area contributed by atoms with Crippen molar-refractivity contribution in [2.24, 2.45) is 5.41 Å². The minimum atomic E-state index is 0.254. The van der Waals surface area contributed by atoms with Crippen molar-refractivity contribution in [2.45, 2.75) is 47.1 Å². The van der Waals surface area contributed by atoms with Crippen LogP contribution in [0.1, 0.15) is 51.3 Å². The summed E-state index contributed by atoms with van der Waals surface area (Å²) in [6, 6.07) is 9.32. The zero-order valence-corrected chi connectivity index (χ0v) is 11.3. The molecule has 0 radical (unpaired) electrons. The molecule has 0 spiro atoms. The summed E-state index contributed by atoms with van der Waals surface area (Å²) < 4.78 is 0. The molecule has 0 aromatic heterocycles. The fraction of sp³-hybridized carbons (Fsp3) is 0.600. The first kappa shape index (κ1) is 13.2. The molecule has 1 rings (SSSR count). The van der Waals surface area contributed by atoms with E-state index >= 15 is 0 Å². The smallest absolute Gasteiger partial charge is 0.0369 e. The topological polar surface area (TPSA) is 12.0 Å². The zero-order valence-electron chi connectivity index (χ0n) is 11.3. The zero-order chi connectivity index (χ0) is 12.2. The summed E-state index contributed by atoms with van der Waals surface area (Å²) in [6.45, 7) is 12.3. The third-order valence-corrected chi connectivity index (χ3v) is 2.88. The summed E-state index contributed by atoms with van der Waals surface area (Å²) >= 11 is 0. The lowest BCUT2D eigenvalue weighted by Crippen LogP contribution is -2.32. The number of hydrogen-bond acceptors (Lipinski definition) is 1. The van der Waals surface area contributed by atoms with Crippen molar-refractivity contribution < 1.29 is 0 Å². The predicted octanol–water partition coefficient (Wildman–Crippen LogP) is 4.08. The van der Waals surface area contributed by atoms with Gasteiger partial charge in [0, 0.05) is 6.04 Å². The molecule has 1 nitrogen and oxygen atoms in total. The van der Waals surface area contributed by atoms with Gasteiger partial charge in [-0.1, -0.05) is 57.5 Å². The summed E-state index contributed by atoms with van der Waals surface area (Å²) in [5.74, 6) is 0. The Bertz CT molecular complexity index is 305. The van der Waals surface area contributed by atoms with E-state index in [1.807, 2.05) is 0 Å². The normalized spacial score (nSPS) is 13.8. The van der Waals surface area contributed by atoms with Crippen LogP contribution in [0.25, 0.3) is 0 Å². The number of hydrogen-bond donors (Lipinski definition) is 1.